The summed E-state index contributed by atoms with van der Waals surface area (Å²) in [6.45, 7) is 0. The van der Waals surface area contributed by atoms with Gasteiger partial charge in [-0.3, -0.25) is 5.10 Å². The highest BCUT2D eigenvalue weighted by Crippen LogP contribution is 2.41. The van der Waals surface area contributed by atoms with Crippen LogP contribution in [0.4, 0.5) is 0 Å². The molecule has 2 aromatic rings. The predicted octanol–water partition coefficient (Wildman–Crippen LogP) is 1.47. The number of hydrogen-bond acceptors (Lipinski definition) is 2. The Kier molecular flexibility index (Phi) is 1.30. The van der Waals surface area contributed by atoms with Crippen LogP contribution in [0, 0.1) is 0 Å². The topological polar surface area (TPSA) is 46.5 Å². The van der Waals surface area contributed by atoms with E-state index in [2.05, 4.69) is 15.3 Å². The van der Waals surface area contributed by atoms with Gasteiger partial charge in [0.1, 0.15) is 5.69 Å². The lowest BCUT2D eigenvalue weighted by Crippen LogP contribution is -1.96. The van der Waals surface area contributed by atoms with Crippen molar-refractivity contribution in [2.24, 2.45) is 0 Å². The Morgan fingerprint density at radius 1 is 1.46 bits per heavy atom. The third-order valence-corrected chi connectivity index (χ3v) is 2.36. The fraction of sp³-hybridized carbons (Fsp3) is 0.333. The molecule has 0 radical (unpaired) electrons. The number of hydrogen-bond donors (Lipinski definition) is 1. The van der Waals surface area contributed by atoms with Gasteiger partial charge in [-0.1, -0.05) is 0 Å². The summed E-state index contributed by atoms with van der Waals surface area (Å²) in [6, 6.07) is 1.92. The van der Waals surface area contributed by atoms with Crippen LogP contribution in [0.5, 0.6) is 0 Å². The largest absolute Gasteiger partial charge is 0.283 e. The Morgan fingerprint density at radius 3 is 3.08 bits per heavy atom. The van der Waals surface area contributed by atoms with Crippen molar-refractivity contribution < 1.29 is 0 Å². The van der Waals surface area contributed by atoms with E-state index >= 15 is 0 Å². The molecule has 1 saturated carbocycles. The summed E-state index contributed by atoms with van der Waals surface area (Å²) in [6.07, 6.45) is 8.15. The molecule has 1 fully saturated rings. The normalized spacial score (nSPS) is 16.3. The molecule has 2 heterocycles. The molecule has 2 aromatic heterocycles. The average Bonchev–Trinajstić information content (AvgIpc) is 2.72. The summed E-state index contributed by atoms with van der Waals surface area (Å²) in [7, 11) is 0. The van der Waals surface area contributed by atoms with Gasteiger partial charge in [0.05, 0.1) is 5.69 Å². The molecule has 0 unspecified atom stereocenters. The van der Waals surface area contributed by atoms with Crippen molar-refractivity contribution in [2.75, 3.05) is 0 Å². The molecule has 13 heavy (non-hydrogen) atoms. The predicted molar refractivity (Wildman–Crippen MR) is 47.7 cm³/mol. The molecular formula is C9H10N4. The molecule has 66 valence electrons. The van der Waals surface area contributed by atoms with Crippen molar-refractivity contribution in [1.82, 2.24) is 20.0 Å². The van der Waals surface area contributed by atoms with E-state index in [-0.39, 0.29) is 0 Å². The molecule has 0 atom stereocenters. The Morgan fingerprint density at radius 2 is 2.38 bits per heavy atom. The van der Waals surface area contributed by atoms with E-state index in [1.54, 1.807) is 6.20 Å². The van der Waals surface area contributed by atoms with E-state index in [1.807, 2.05) is 23.1 Å². The van der Waals surface area contributed by atoms with Crippen molar-refractivity contribution in [3.05, 3.63) is 30.4 Å². The van der Waals surface area contributed by atoms with E-state index in [4.69, 9.17) is 0 Å². The molecule has 0 saturated heterocycles. The Hall–Kier alpha value is -1.58. The van der Waals surface area contributed by atoms with Crippen molar-refractivity contribution in [3.8, 4) is 5.69 Å². The van der Waals surface area contributed by atoms with Gasteiger partial charge in [-0.2, -0.15) is 10.2 Å². The zero-order chi connectivity index (χ0) is 8.67. The fourth-order valence-corrected chi connectivity index (χ4v) is 1.55. The maximum Gasteiger partial charge on any atom is 0.106 e. The standard InChI is InChI=1S/C9H10N4/c1-4-11-13(5-1)8-6-10-12-9(8)7-2-3-7/h1,4-7H,2-3H2,(H,10,12). The first-order chi connectivity index (χ1) is 6.45. The molecule has 1 aliphatic rings. The first kappa shape index (κ1) is 6.88. The number of nitrogens with zero attached hydrogens (tertiary/aromatic N) is 3. The molecule has 0 bridgehead atoms. The molecule has 4 heteroatoms. The van der Waals surface area contributed by atoms with Gasteiger partial charge in [-0.15, -0.1) is 0 Å². The summed E-state index contributed by atoms with van der Waals surface area (Å²) in [5.41, 5.74) is 2.25. The molecular weight excluding hydrogens is 164 g/mol. The summed E-state index contributed by atoms with van der Waals surface area (Å²) >= 11 is 0. The van der Waals surface area contributed by atoms with Gasteiger partial charge in [0.15, 0.2) is 0 Å². The van der Waals surface area contributed by atoms with Crippen LogP contribution in [0.15, 0.2) is 24.7 Å². The minimum absolute atomic E-state index is 0.658. The van der Waals surface area contributed by atoms with Crippen LogP contribution in [-0.4, -0.2) is 20.0 Å². The summed E-state index contributed by atoms with van der Waals surface area (Å²) in [5, 5.41) is 11.3. The van der Waals surface area contributed by atoms with Crippen LogP contribution in [0.1, 0.15) is 24.5 Å². The Labute approximate surface area is 75.6 Å². The second-order valence-corrected chi connectivity index (χ2v) is 3.38. The van der Waals surface area contributed by atoms with Gasteiger partial charge < -0.3 is 0 Å². The molecule has 1 N–H and O–H groups in total. The number of rotatable bonds is 2. The Bertz CT molecular complexity index is 397. The van der Waals surface area contributed by atoms with Gasteiger partial charge in [-0.05, 0) is 18.9 Å². The highest BCUT2D eigenvalue weighted by atomic mass is 15.3. The van der Waals surface area contributed by atoms with E-state index in [0.717, 1.165) is 11.4 Å². The summed E-state index contributed by atoms with van der Waals surface area (Å²) in [4.78, 5) is 0. The average molecular weight is 174 g/mol. The first-order valence-electron chi connectivity index (χ1n) is 4.49. The van der Waals surface area contributed by atoms with Crippen LogP contribution < -0.4 is 0 Å². The third-order valence-electron chi connectivity index (χ3n) is 2.36. The number of nitrogens with one attached hydrogen (secondary N) is 1. The number of H-pyrrole nitrogens is 1. The van der Waals surface area contributed by atoms with E-state index in [9.17, 15) is 0 Å². The molecule has 1 aliphatic carbocycles. The van der Waals surface area contributed by atoms with E-state index in [1.165, 1.54) is 12.8 Å². The number of aromatic nitrogens is 4. The van der Waals surface area contributed by atoms with Gasteiger partial charge >= 0.3 is 0 Å². The minimum Gasteiger partial charge on any atom is -0.283 e. The molecule has 4 nitrogen and oxygen atoms in total. The van der Waals surface area contributed by atoms with Crippen molar-refractivity contribution >= 4 is 0 Å². The molecule has 0 amide bonds. The zero-order valence-electron chi connectivity index (χ0n) is 7.14. The zero-order valence-corrected chi connectivity index (χ0v) is 7.14. The number of aromatic amines is 1. The lowest BCUT2D eigenvalue weighted by atomic mass is 10.2. The molecule has 0 aromatic carbocycles. The maximum absolute atomic E-state index is 4.25. The van der Waals surface area contributed by atoms with E-state index in [0.29, 0.717) is 5.92 Å². The minimum atomic E-state index is 0.658. The second-order valence-electron chi connectivity index (χ2n) is 3.38. The first-order valence-corrected chi connectivity index (χ1v) is 4.49. The second kappa shape index (κ2) is 2.45. The van der Waals surface area contributed by atoms with Gasteiger partial charge in [0.25, 0.3) is 0 Å². The molecule has 3 rings (SSSR count). The van der Waals surface area contributed by atoms with Crippen molar-refractivity contribution in [2.45, 2.75) is 18.8 Å². The molecule has 0 spiro atoms. The maximum atomic E-state index is 4.25. The summed E-state index contributed by atoms with van der Waals surface area (Å²) < 4.78 is 1.86. The highest BCUT2D eigenvalue weighted by Gasteiger charge is 2.29. The fourth-order valence-electron chi connectivity index (χ4n) is 1.55. The van der Waals surface area contributed by atoms with E-state index < -0.39 is 0 Å². The van der Waals surface area contributed by atoms with Crippen LogP contribution >= 0.6 is 0 Å². The quantitative estimate of drug-likeness (QED) is 0.749. The van der Waals surface area contributed by atoms with Crippen LogP contribution in [0.2, 0.25) is 0 Å². The molecule has 0 aliphatic heterocycles. The van der Waals surface area contributed by atoms with Gasteiger partial charge in [0, 0.05) is 24.5 Å². The van der Waals surface area contributed by atoms with Crippen molar-refractivity contribution in [1.29, 1.82) is 0 Å². The smallest absolute Gasteiger partial charge is 0.106 e. The van der Waals surface area contributed by atoms with Crippen LogP contribution in [0.3, 0.4) is 0 Å². The third kappa shape index (κ3) is 1.06. The van der Waals surface area contributed by atoms with Crippen LogP contribution in [-0.2, 0) is 0 Å². The SMILES string of the molecule is c1cnn(-c2c[nH]nc2C2CC2)c1. The summed E-state index contributed by atoms with van der Waals surface area (Å²) in [5.74, 6) is 0.658. The highest BCUT2D eigenvalue weighted by molar-refractivity contribution is 5.37. The Balaban J connectivity index is 2.08. The van der Waals surface area contributed by atoms with Crippen molar-refractivity contribution in [3.63, 3.8) is 0 Å². The van der Waals surface area contributed by atoms with Gasteiger partial charge in [0.2, 0.25) is 0 Å². The van der Waals surface area contributed by atoms with Gasteiger partial charge in [-0.25, -0.2) is 4.68 Å². The monoisotopic (exact) mass is 174 g/mol. The van der Waals surface area contributed by atoms with Crippen LogP contribution in [0.25, 0.3) is 5.69 Å². The lowest BCUT2D eigenvalue weighted by molar-refractivity contribution is 0.856. The lowest BCUT2D eigenvalue weighted by Gasteiger charge is -1.98.